The fraction of sp³-hybridized carbons (Fsp3) is 0.529. The summed E-state index contributed by atoms with van der Waals surface area (Å²) in [6.07, 6.45) is -2.96. The van der Waals surface area contributed by atoms with Gasteiger partial charge in [0.25, 0.3) is 5.91 Å². The highest BCUT2D eigenvalue weighted by Gasteiger charge is 2.32. The van der Waals surface area contributed by atoms with Crippen molar-refractivity contribution in [3.63, 3.8) is 0 Å². The number of aryl methyl sites for hydroxylation is 1. The van der Waals surface area contributed by atoms with Crippen LogP contribution in [0.25, 0.3) is 5.65 Å². The van der Waals surface area contributed by atoms with Crippen molar-refractivity contribution in [2.75, 3.05) is 26.2 Å². The van der Waals surface area contributed by atoms with Gasteiger partial charge in [-0.15, -0.1) is 0 Å². The fourth-order valence-corrected chi connectivity index (χ4v) is 3.03. The van der Waals surface area contributed by atoms with E-state index in [0.29, 0.717) is 12.2 Å². The van der Waals surface area contributed by atoms with Gasteiger partial charge in [-0.25, -0.2) is 4.98 Å². The Morgan fingerprint density at radius 2 is 2.00 bits per heavy atom. The minimum absolute atomic E-state index is 0.0656. The van der Waals surface area contributed by atoms with Crippen LogP contribution in [0.4, 0.5) is 13.2 Å². The highest BCUT2D eigenvalue weighted by Crippen LogP contribution is 2.33. The van der Waals surface area contributed by atoms with Gasteiger partial charge in [-0.3, -0.25) is 9.20 Å². The highest BCUT2D eigenvalue weighted by atomic mass is 35.5. The minimum atomic E-state index is -4.56. The number of pyridine rings is 1. The van der Waals surface area contributed by atoms with Crippen LogP contribution in [0.15, 0.2) is 12.3 Å². The molecule has 0 atom stereocenters. The normalized spacial score (nSPS) is 12.2. The summed E-state index contributed by atoms with van der Waals surface area (Å²) in [7, 11) is 0. The van der Waals surface area contributed by atoms with Gasteiger partial charge >= 0.3 is 6.18 Å². The monoisotopic (exact) mass is 390 g/mol. The number of carbonyl (C=O) groups is 1. The van der Waals surface area contributed by atoms with Crippen LogP contribution < -0.4 is 5.32 Å². The molecule has 5 nitrogen and oxygen atoms in total. The molecule has 9 heteroatoms. The maximum absolute atomic E-state index is 13.0. The van der Waals surface area contributed by atoms with Crippen LogP contribution in [0.5, 0.6) is 0 Å². The van der Waals surface area contributed by atoms with E-state index < -0.39 is 17.6 Å². The topological polar surface area (TPSA) is 49.6 Å². The van der Waals surface area contributed by atoms with Gasteiger partial charge < -0.3 is 10.2 Å². The average Bonchev–Trinajstić information content (AvgIpc) is 2.91. The molecule has 0 radical (unpaired) electrons. The van der Waals surface area contributed by atoms with Crippen molar-refractivity contribution in [2.24, 2.45) is 0 Å². The Labute approximate surface area is 155 Å². The molecule has 1 amide bonds. The Morgan fingerprint density at radius 3 is 2.58 bits per heavy atom. The molecule has 2 aromatic heterocycles. The molecular formula is C17H22ClF3N4O. The zero-order valence-corrected chi connectivity index (χ0v) is 15.7. The largest absolute Gasteiger partial charge is 0.417 e. The van der Waals surface area contributed by atoms with Crippen LogP contribution in [0.2, 0.25) is 5.02 Å². The summed E-state index contributed by atoms with van der Waals surface area (Å²) in [6, 6.07) is 0.815. The molecule has 0 aromatic carbocycles. The first-order valence-electron chi connectivity index (χ1n) is 8.45. The predicted molar refractivity (Wildman–Crippen MR) is 94.7 cm³/mol. The molecule has 0 saturated carbocycles. The summed E-state index contributed by atoms with van der Waals surface area (Å²) in [4.78, 5) is 18.8. The van der Waals surface area contributed by atoms with Crippen molar-refractivity contribution in [3.8, 4) is 0 Å². The number of aromatic nitrogens is 2. The summed E-state index contributed by atoms with van der Waals surface area (Å²) in [5.74, 6) is -0.468. The molecule has 0 fully saturated rings. The highest BCUT2D eigenvalue weighted by molar-refractivity contribution is 6.33. The van der Waals surface area contributed by atoms with E-state index >= 15 is 0 Å². The van der Waals surface area contributed by atoms with Crippen LogP contribution in [0, 0.1) is 6.92 Å². The molecule has 0 aliphatic rings. The van der Waals surface area contributed by atoms with E-state index in [-0.39, 0.29) is 16.4 Å². The Hall–Kier alpha value is -1.80. The molecule has 0 spiro atoms. The summed E-state index contributed by atoms with van der Waals surface area (Å²) in [5.41, 5.74) is -0.406. The van der Waals surface area contributed by atoms with Crippen molar-refractivity contribution >= 4 is 23.2 Å². The number of hydrogen-bond donors (Lipinski definition) is 1. The van der Waals surface area contributed by atoms with E-state index in [9.17, 15) is 18.0 Å². The van der Waals surface area contributed by atoms with Gasteiger partial charge in [-0.05, 0) is 39.0 Å². The van der Waals surface area contributed by atoms with Crippen molar-refractivity contribution in [2.45, 2.75) is 33.4 Å². The lowest BCUT2D eigenvalue weighted by atomic mass is 10.2. The van der Waals surface area contributed by atoms with Gasteiger partial charge in [0.15, 0.2) is 5.65 Å². The van der Waals surface area contributed by atoms with Crippen molar-refractivity contribution in [3.05, 3.63) is 34.2 Å². The number of imidazole rings is 1. The first-order valence-corrected chi connectivity index (χ1v) is 8.82. The smallest absolute Gasteiger partial charge is 0.351 e. The second-order valence-electron chi connectivity index (χ2n) is 5.95. The van der Waals surface area contributed by atoms with Gasteiger partial charge in [0.2, 0.25) is 0 Å². The number of rotatable bonds is 7. The van der Waals surface area contributed by atoms with Crippen molar-refractivity contribution < 1.29 is 18.0 Å². The quantitative estimate of drug-likeness (QED) is 0.732. The van der Waals surface area contributed by atoms with Crippen LogP contribution in [0.1, 0.15) is 42.0 Å². The maximum atomic E-state index is 13.0. The number of amides is 1. The van der Waals surface area contributed by atoms with E-state index in [4.69, 9.17) is 11.6 Å². The van der Waals surface area contributed by atoms with Crippen LogP contribution in [0.3, 0.4) is 0 Å². The molecule has 144 valence electrons. The van der Waals surface area contributed by atoms with E-state index in [1.54, 1.807) is 6.92 Å². The number of nitrogens with zero attached hydrogens (tertiary/aromatic N) is 3. The average molecular weight is 391 g/mol. The van der Waals surface area contributed by atoms with E-state index in [0.717, 1.165) is 42.7 Å². The number of hydrogen-bond acceptors (Lipinski definition) is 3. The predicted octanol–water partition coefficient (Wildman–Crippen LogP) is 3.78. The van der Waals surface area contributed by atoms with Crippen LogP contribution in [-0.2, 0) is 6.18 Å². The first-order chi connectivity index (χ1) is 12.2. The molecule has 0 aliphatic carbocycles. The minimum Gasteiger partial charge on any atom is -0.351 e. The second-order valence-corrected chi connectivity index (χ2v) is 6.36. The Morgan fingerprint density at radius 1 is 1.35 bits per heavy atom. The molecule has 2 aromatic rings. The number of fused-ring (bicyclic) bond motifs is 1. The Balaban J connectivity index is 2.21. The zero-order chi connectivity index (χ0) is 19.5. The van der Waals surface area contributed by atoms with Crippen LogP contribution in [-0.4, -0.2) is 46.4 Å². The molecule has 2 heterocycles. The lowest BCUT2D eigenvalue weighted by Crippen LogP contribution is -2.30. The third-order valence-electron chi connectivity index (χ3n) is 4.22. The third-order valence-corrected chi connectivity index (χ3v) is 4.50. The van der Waals surface area contributed by atoms with E-state index in [2.05, 4.69) is 29.0 Å². The molecule has 1 N–H and O–H groups in total. The molecule has 0 saturated heterocycles. The first kappa shape index (κ1) is 20.5. The van der Waals surface area contributed by atoms with Crippen molar-refractivity contribution in [1.82, 2.24) is 19.6 Å². The fourth-order valence-electron chi connectivity index (χ4n) is 2.77. The summed E-state index contributed by atoms with van der Waals surface area (Å²) >= 11 is 5.93. The van der Waals surface area contributed by atoms with E-state index in [1.165, 1.54) is 0 Å². The standard InChI is InChI=1S/C17H22ClF3N4O/c1-4-24(5-2)8-6-7-22-16(26)14-11(3)23-15-13(18)9-12(10-25(14)15)17(19,20)21/h9-10H,4-8H2,1-3H3,(H,22,26). The second kappa shape index (κ2) is 8.26. The molecule has 26 heavy (non-hydrogen) atoms. The lowest BCUT2D eigenvalue weighted by Gasteiger charge is -2.17. The van der Waals surface area contributed by atoms with E-state index in [1.807, 2.05) is 0 Å². The Kier molecular flexibility index (Phi) is 6.52. The van der Waals surface area contributed by atoms with Gasteiger partial charge in [0.1, 0.15) is 5.69 Å². The molecule has 0 unspecified atom stereocenters. The molecular weight excluding hydrogens is 369 g/mol. The number of halogens is 4. The van der Waals surface area contributed by atoms with Crippen molar-refractivity contribution in [1.29, 1.82) is 0 Å². The van der Waals surface area contributed by atoms with Gasteiger partial charge in [0.05, 0.1) is 16.3 Å². The molecule has 2 rings (SSSR count). The zero-order valence-electron chi connectivity index (χ0n) is 15.0. The third kappa shape index (κ3) is 4.48. The van der Waals surface area contributed by atoms with Crippen LogP contribution >= 0.6 is 11.6 Å². The summed E-state index contributed by atoms with van der Waals surface area (Å²) < 4.78 is 40.2. The van der Waals surface area contributed by atoms with Gasteiger partial charge in [0, 0.05) is 12.7 Å². The summed E-state index contributed by atoms with van der Waals surface area (Å²) in [6.45, 7) is 8.81. The number of nitrogens with one attached hydrogen (secondary N) is 1. The van der Waals surface area contributed by atoms with Gasteiger partial charge in [-0.1, -0.05) is 25.4 Å². The number of carbonyl (C=O) groups excluding carboxylic acids is 1. The lowest BCUT2D eigenvalue weighted by molar-refractivity contribution is -0.137. The summed E-state index contributed by atoms with van der Waals surface area (Å²) in [5, 5.41) is 2.60. The SMILES string of the molecule is CCN(CC)CCCNC(=O)c1c(C)nc2c(Cl)cc(C(F)(F)F)cn12. The molecule has 0 aliphatic heterocycles. The number of alkyl halides is 3. The molecule has 0 bridgehead atoms. The van der Waals surface area contributed by atoms with Gasteiger partial charge in [-0.2, -0.15) is 13.2 Å². The maximum Gasteiger partial charge on any atom is 0.417 e. The Bertz CT molecular complexity index is 784.